The second-order valence-corrected chi connectivity index (χ2v) is 4.94. The van der Waals surface area contributed by atoms with Gasteiger partial charge in [-0.1, -0.05) is 23.5 Å². The molecule has 0 saturated carbocycles. The van der Waals surface area contributed by atoms with Crippen molar-refractivity contribution in [2.24, 2.45) is 10.3 Å². The maximum absolute atomic E-state index is 11.1. The summed E-state index contributed by atoms with van der Waals surface area (Å²) in [4.78, 5) is -1.79. The SMILES string of the molecule is CN(C)N=NC1(S(=O)(=O)[O-])C=CC=CC1.[Na+]. The smallest absolute Gasteiger partial charge is 0.746 e. The molecule has 0 radical (unpaired) electrons. The van der Waals surface area contributed by atoms with Crippen molar-refractivity contribution in [2.75, 3.05) is 14.1 Å². The molecule has 0 aromatic heterocycles. The number of allylic oxidation sites excluding steroid dienone is 2. The van der Waals surface area contributed by atoms with Gasteiger partial charge >= 0.3 is 29.6 Å². The van der Waals surface area contributed by atoms with Gasteiger partial charge in [0, 0.05) is 20.5 Å². The summed E-state index contributed by atoms with van der Waals surface area (Å²) in [5.74, 6) is 0. The average Bonchev–Trinajstić information content (AvgIpc) is 2.14. The van der Waals surface area contributed by atoms with Crippen LogP contribution in [0.2, 0.25) is 0 Å². The number of nitrogens with zero attached hydrogens (tertiary/aromatic N) is 3. The van der Waals surface area contributed by atoms with Gasteiger partial charge in [-0.25, -0.2) is 8.42 Å². The first kappa shape index (κ1) is 15.8. The molecular weight excluding hydrogens is 241 g/mol. The average molecular weight is 253 g/mol. The van der Waals surface area contributed by atoms with E-state index in [1.54, 1.807) is 26.2 Å². The van der Waals surface area contributed by atoms with Gasteiger partial charge in [0.05, 0.1) is 0 Å². The quantitative estimate of drug-likeness (QED) is 0.244. The van der Waals surface area contributed by atoms with E-state index < -0.39 is 15.0 Å². The molecule has 0 aromatic rings. The van der Waals surface area contributed by atoms with Gasteiger partial charge in [-0.15, -0.1) is 5.11 Å². The molecule has 8 heteroatoms. The van der Waals surface area contributed by atoms with Crippen molar-refractivity contribution < 1.29 is 42.5 Å². The van der Waals surface area contributed by atoms with Crippen LogP contribution in [0, 0.1) is 0 Å². The van der Waals surface area contributed by atoms with Crippen molar-refractivity contribution in [3.05, 3.63) is 24.3 Å². The molecule has 0 fully saturated rings. The van der Waals surface area contributed by atoms with Gasteiger partial charge in [-0.05, 0) is 6.08 Å². The number of hydrogen-bond donors (Lipinski definition) is 0. The van der Waals surface area contributed by atoms with E-state index in [2.05, 4.69) is 10.3 Å². The van der Waals surface area contributed by atoms with E-state index in [-0.39, 0.29) is 36.0 Å². The summed E-state index contributed by atoms with van der Waals surface area (Å²) < 4.78 is 33.3. The predicted octanol–water partition coefficient (Wildman–Crippen LogP) is -2.32. The van der Waals surface area contributed by atoms with E-state index >= 15 is 0 Å². The molecule has 1 atom stereocenters. The van der Waals surface area contributed by atoms with Crippen LogP contribution >= 0.6 is 0 Å². The fraction of sp³-hybridized carbons (Fsp3) is 0.500. The Morgan fingerprint density at radius 3 is 2.38 bits per heavy atom. The Balaban J connectivity index is 0.00000225. The van der Waals surface area contributed by atoms with Crippen molar-refractivity contribution in [3.63, 3.8) is 0 Å². The Morgan fingerprint density at radius 2 is 2.00 bits per heavy atom. The zero-order valence-electron chi connectivity index (χ0n) is 9.49. The molecule has 0 saturated heterocycles. The zero-order chi connectivity index (χ0) is 11.5. The molecule has 16 heavy (non-hydrogen) atoms. The first-order chi connectivity index (χ1) is 6.87. The molecule has 0 N–H and O–H groups in total. The van der Waals surface area contributed by atoms with Gasteiger partial charge < -0.3 is 4.55 Å². The van der Waals surface area contributed by atoms with Crippen molar-refractivity contribution in [2.45, 2.75) is 11.3 Å². The number of hydrogen-bond acceptors (Lipinski definition) is 5. The second-order valence-electron chi connectivity index (χ2n) is 3.33. The molecule has 6 nitrogen and oxygen atoms in total. The molecule has 0 aliphatic heterocycles. The Morgan fingerprint density at radius 1 is 1.38 bits per heavy atom. The minimum absolute atomic E-state index is 0. The van der Waals surface area contributed by atoms with Gasteiger partial charge in [0.1, 0.15) is 10.1 Å². The third kappa shape index (κ3) is 3.67. The molecule has 1 aliphatic rings. The van der Waals surface area contributed by atoms with E-state index in [9.17, 15) is 13.0 Å². The minimum Gasteiger partial charge on any atom is -0.746 e. The van der Waals surface area contributed by atoms with Crippen LogP contribution in [0.3, 0.4) is 0 Å². The van der Waals surface area contributed by atoms with Crippen LogP contribution in [0.5, 0.6) is 0 Å². The molecule has 0 heterocycles. The van der Waals surface area contributed by atoms with Crippen molar-refractivity contribution in [1.29, 1.82) is 0 Å². The molecule has 0 spiro atoms. The summed E-state index contributed by atoms with van der Waals surface area (Å²) in [5, 5.41) is 8.51. The van der Waals surface area contributed by atoms with E-state index in [1.807, 2.05) is 0 Å². The normalized spacial score (nSPS) is 24.4. The molecule has 84 valence electrons. The van der Waals surface area contributed by atoms with Crippen molar-refractivity contribution >= 4 is 10.1 Å². The fourth-order valence-corrected chi connectivity index (χ4v) is 1.75. The number of rotatable bonds is 3. The van der Waals surface area contributed by atoms with Crippen LogP contribution in [-0.4, -0.2) is 36.9 Å². The molecule has 1 unspecified atom stereocenters. The van der Waals surface area contributed by atoms with Crippen LogP contribution in [0.25, 0.3) is 0 Å². The molecule has 1 rings (SSSR count). The largest absolute Gasteiger partial charge is 1.00 e. The molecule has 1 aliphatic carbocycles. The van der Waals surface area contributed by atoms with Gasteiger partial charge in [-0.3, -0.25) is 5.01 Å². The van der Waals surface area contributed by atoms with E-state index in [0.29, 0.717) is 0 Å². The second kappa shape index (κ2) is 5.92. The van der Waals surface area contributed by atoms with Crippen LogP contribution in [0.15, 0.2) is 34.6 Å². The van der Waals surface area contributed by atoms with Crippen molar-refractivity contribution in [3.8, 4) is 0 Å². The Kier molecular flexibility index (Phi) is 5.85. The van der Waals surface area contributed by atoms with Gasteiger partial charge in [-0.2, -0.15) is 0 Å². The van der Waals surface area contributed by atoms with Crippen LogP contribution in [0.1, 0.15) is 6.42 Å². The Hall–Kier alpha value is -0.210. The standard InChI is InChI=1S/C8H13N3O3S.Na/c1-11(2)10-9-8(15(12,13)14)6-4-3-5-7-8;/h3-6H,7H2,1-2H3,(H,12,13,14);/q;+1/p-1. The first-order valence-electron chi connectivity index (χ1n) is 4.27. The summed E-state index contributed by atoms with van der Waals surface area (Å²) in [6.07, 6.45) is 5.99. The van der Waals surface area contributed by atoms with Gasteiger partial charge in [0.25, 0.3) is 0 Å². The molecule has 0 aromatic carbocycles. The monoisotopic (exact) mass is 253 g/mol. The summed E-state index contributed by atoms with van der Waals surface area (Å²) in [5.41, 5.74) is 0. The molecule has 0 bridgehead atoms. The third-order valence-electron chi connectivity index (χ3n) is 1.84. The third-order valence-corrected chi connectivity index (χ3v) is 3.09. The zero-order valence-corrected chi connectivity index (χ0v) is 12.3. The van der Waals surface area contributed by atoms with Crippen LogP contribution in [-0.2, 0) is 10.1 Å². The van der Waals surface area contributed by atoms with Crippen LogP contribution < -0.4 is 29.6 Å². The molecule has 0 amide bonds. The summed E-state index contributed by atoms with van der Waals surface area (Å²) in [6, 6.07) is 0. The van der Waals surface area contributed by atoms with E-state index in [0.717, 1.165) is 0 Å². The van der Waals surface area contributed by atoms with E-state index in [4.69, 9.17) is 0 Å². The topological polar surface area (TPSA) is 85.2 Å². The minimum atomic E-state index is -4.56. The Bertz CT molecular complexity index is 416. The van der Waals surface area contributed by atoms with E-state index in [1.165, 1.54) is 17.2 Å². The van der Waals surface area contributed by atoms with Gasteiger partial charge in [0.15, 0.2) is 4.87 Å². The maximum atomic E-state index is 11.1. The van der Waals surface area contributed by atoms with Crippen molar-refractivity contribution in [1.82, 2.24) is 5.01 Å². The first-order valence-corrected chi connectivity index (χ1v) is 5.68. The molecular formula is C8H12N3NaO3S. The Labute approximate surface area is 117 Å². The summed E-state index contributed by atoms with van der Waals surface area (Å²) in [7, 11) is -1.37. The van der Waals surface area contributed by atoms with Crippen LogP contribution in [0.4, 0.5) is 0 Å². The predicted molar refractivity (Wildman–Crippen MR) is 53.9 cm³/mol. The summed E-state index contributed by atoms with van der Waals surface area (Å²) in [6.45, 7) is 0. The maximum Gasteiger partial charge on any atom is 1.00 e. The summed E-state index contributed by atoms with van der Waals surface area (Å²) >= 11 is 0. The fourth-order valence-electron chi connectivity index (χ4n) is 1.06. The van der Waals surface area contributed by atoms with Gasteiger partial charge in [0.2, 0.25) is 0 Å².